The second-order valence-corrected chi connectivity index (χ2v) is 12.1. The van der Waals surface area contributed by atoms with Crippen LogP contribution >= 0.6 is 0 Å². The smallest absolute Gasteiger partial charge is 0.147 e. The van der Waals surface area contributed by atoms with Crippen LogP contribution in [-0.4, -0.2) is 28.5 Å². The van der Waals surface area contributed by atoms with Crippen LogP contribution in [0, 0.1) is 0 Å². The molecule has 0 saturated carbocycles. The maximum atomic E-state index is 5.13. The zero-order valence-corrected chi connectivity index (χ0v) is 25.0. The van der Waals surface area contributed by atoms with E-state index in [-0.39, 0.29) is 0 Å². The largest absolute Gasteiger partial charge is 0.309 e. The Kier molecular flexibility index (Phi) is 4.75. The Labute approximate surface area is 267 Å². The molecule has 47 heavy (non-hydrogen) atoms. The Hall–Kier alpha value is -6.53. The van der Waals surface area contributed by atoms with Gasteiger partial charge in [0, 0.05) is 61.5 Å². The molecule has 5 aromatic carbocycles. The van der Waals surface area contributed by atoms with Gasteiger partial charge in [-0.2, -0.15) is 0 Å². The van der Waals surface area contributed by atoms with Crippen molar-refractivity contribution in [1.82, 2.24) is 28.5 Å². The maximum absolute atomic E-state index is 5.13. The van der Waals surface area contributed by atoms with E-state index in [9.17, 15) is 0 Å². The van der Waals surface area contributed by atoms with Gasteiger partial charge in [-0.3, -0.25) is 9.38 Å². The molecule has 0 bridgehead atoms. The molecule has 11 rings (SSSR count). The molecular formula is C41H24N6. The molecule has 0 aliphatic carbocycles. The molecule has 6 heterocycles. The summed E-state index contributed by atoms with van der Waals surface area (Å²) in [5, 5.41) is 8.17. The van der Waals surface area contributed by atoms with Crippen LogP contribution in [0.2, 0.25) is 0 Å². The van der Waals surface area contributed by atoms with Crippen LogP contribution in [0.4, 0.5) is 0 Å². The van der Waals surface area contributed by atoms with Gasteiger partial charge in [-0.25, -0.2) is 9.97 Å². The average molecular weight is 601 g/mol. The minimum Gasteiger partial charge on any atom is -0.309 e. The minimum atomic E-state index is 0.853. The monoisotopic (exact) mass is 600 g/mol. The van der Waals surface area contributed by atoms with E-state index in [4.69, 9.17) is 9.97 Å². The van der Waals surface area contributed by atoms with Gasteiger partial charge in [-0.05, 0) is 60.7 Å². The molecule has 0 unspecified atom stereocenters. The van der Waals surface area contributed by atoms with E-state index < -0.39 is 0 Å². The van der Waals surface area contributed by atoms with Crippen LogP contribution in [-0.2, 0) is 0 Å². The highest BCUT2D eigenvalue weighted by Crippen LogP contribution is 2.45. The number of fused-ring (bicyclic) bond motifs is 16. The van der Waals surface area contributed by atoms with Crippen molar-refractivity contribution in [2.24, 2.45) is 0 Å². The summed E-state index contributed by atoms with van der Waals surface area (Å²) in [6.45, 7) is 0. The number of nitrogens with zero attached hydrogens (tertiary/aromatic N) is 6. The molecule has 0 N–H and O–H groups in total. The molecular weight excluding hydrogens is 576 g/mol. The van der Waals surface area contributed by atoms with Gasteiger partial charge in [0.25, 0.3) is 0 Å². The summed E-state index contributed by atoms with van der Waals surface area (Å²) < 4.78 is 7.05. The van der Waals surface area contributed by atoms with Gasteiger partial charge in [0.15, 0.2) is 0 Å². The Morgan fingerprint density at radius 1 is 0.426 bits per heavy atom. The van der Waals surface area contributed by atoms with Crippen molar-refractivity contribution in [2.75, 3.05) is 0 Å². The van der Waals surface area contributed by atoms with Crippen LogP contribution in [0.5, 0.6) is 0 Å². The third-order valence-electron chi connectivity index (χ3n) is 9.72. The van der Waals surface area contributed by atoms with E-state index in [1.807, 2.05) is 30.7 Å². The van der Waals surface area contributed by atoms with Crippen molar-refractivity contribution in [1.29, 1.82) is 0 Å². The number of imidazole rings is 1. The van der Waals surface area contributed by atoms with Gasteiger partial charge in [0.05, 0.1) is 33.8 Å². The van der Waals surface area contributed by atoms with Crippen LogP contribution in [0.1, 0.15) is 0 Å². The normalized spacial score (nSPS) is 12.3. The average Bonchev–Trinajstić information content (AvgIpc) is 3.80. The summed E-state index contributed by atoms with van der Waals surface area (Å²) in [7, 11) is 0. The first-order valence-electron chi connectivity index (χ1n) is 15.8. The van der Waals surface area contributed by atoms with Crippen LogP contribution in [0.25, 0.3) is 93.5 Å². The van der Waals surface area contributed by atoms with E-state index in [1.54, 1.807) is 0 Å². The fourth-order valence-electron chi connectivity index (χ4n) is 7.89. The highest BCUT2D eigenvalue weighted by Gasteiger charge is 2.24. The Bertz CT molecular complexity index is 3060. The summed E-state index contributed by atoms with van der Waals surface area (Å²) in [5.74, 6) is 0. The first-order chi connectivity index (χ1) is 23.4. The predicted octanol–water partition coefficient (Wildman–Crippen LogP) is 9.78. The Morgan fingerprint density at radius 2 is 1.09 bits per heavy atom. The zero-order chi connectivity index (χ0) is 30.6. The van der Waals surface area contributed by atoms with Crippen molar-refractivity contribution < 1.29 is 0 Å². The van der Waals surface area contributed by atoms with Gasteiger partial charge in [-0.15, -0.1) is 0 Å². The van der Waals surface area contributed by atoms with Crippen molar-refractivity contribution in [2.45, 2.75) is 0 Å². The van der Waals surface area contributed by atoms with Gasteiger partial charge < -0.3 is 9.13 Å². The third-order valence-corrected chi connectivity index (χ3v) is 9.72. The first kappa shape index (κ1) is 24.8. The first-order valence-corrected chi connectivity index (χ1v) is 15.8. The lowest BCUT2D eigenvalue weighted by molar-refractivity contribution is 1.18. The second kappa shape index (κ2) is 9.02. The fourth-order valence-corrected chi connectivity index (χ4v) is 7.89. The molecule has 218 valence electrons. The highest BCUT2D eigenvalue weighted by molar-refractivity contribution is 6.32. The quantitative estimate of drug-likeness (QED) is 0.186. The summed E-state index contributed by atoms with van der Waals surface area (Å²) in [6.07, 6.45) is 5.53. The van der Waals surface area contributed by atoms with E-state index >= 15 is 0 Å². The second-order valence-electron chi connectivity index (χ2n) is 12.1. The SMILES string of the molecule is c1ccc(-n2c3ccccc3c3c2ccc2c4ccc5c(c6cccnc6n6c7ccncc7nc56)c4n(-c4ccccc4)c23)cc1. The number of pyridine rings is 3. The van der Waals surface area contributed by atoms with Gasteiger partial charge in [0.2, 0.25) is 0 Å². The molecule has 6 nitrogen and oxygen atoms in total. The number of aromatic nitrogens is 6. The number of hydrogen-bond acceptors (Lipinski definition) is 3. The predicted molar refractivity (Wildman–Crippen MR) is 192 cm³/mol. The zero-order valence-electron chi connectivity index (χ0n) is 25.0. The third kappa shape index (κ3) is 3.16. The highest BCUT2D eigenvalue weighted by atomic mass is 15.1. The lowest BCUT2D eigenvalue weighted by Gasteiger charge is -2.13. The number of benzene rings is 5. The number of rotatable bonds is 2. The molecule has 0 aliphatic rings. The lowest BCUT2D eigenvalue weighted by atomic mass is 10.0. The van der Waals surface area contributed by atoms with Gasteiger partial charge in [0.1, 0.15) is 16.8 Å². The fraction of sp³-hybridized carbons (Fsp3) is 0. The summed E-state index contributed by atoms with van der Waals surface area (Å²) in [6, 6.07) is 45.5. The topological polar surface area (TPSA) is 52.9 Å². The van der Waals surface area contributed by atoms with E-state index in [0.29, 0.717) is 0 Å². The van der Waals surface area contributed by atoms with Gasteiger partial charge >= 0.3 is 0 Å². The summed E-state index contributed by atoms with van der Waals surface area (Å²) in [4.78, 5) is 14.5. The molecule has 0 saturated heterocycles. The molecule has 0 radical (unpaired) electrons. The van der Waals surface area contributed by atoms with Crippen molar-refractivity contribution >= 4 is 82.1 Å². The standard InChI is InChI=1S/C41H24N6/c1-3-10-25(11-4-1)45-33-16-8-7-14-29(33)37-35(45)20-19-28-27-17-18-31-36(38(27)46(39(28)37)26-12-5-2-6-13-26)30-15-9-22-43-40(30)47-34-21-23-42-24-32(34)44-41(31)47/h1-24H. The Balaban J connectivity index is 1.44. The summed E-state index contributed by atoms with van der Waals surface area (Å²) in [5.41, 5.74) is 10.6. The molecule has 0 amide bonds. The number of hydrogen-bond donors (Lipinski definition) is 0. The molecule has 0 atom stereocenters. The van der Waals surface area contributed by atoms with Gasteiger partial charge in [-0.1, -0.05) is 66.7 Å². The van der Waals surface area contributed by atoms with Crippen LogP contribution < -0.4 is 0 Å². The minimum absolute atomic E-state index is 0.853. The molecule has 0 aliphatic heterocycles. The van der Waals surface area contributed by atoms with E-state index in [2.05, 4.69) is 134 Å². The van der Waals surface area contributed by atoms with E-state index in [0.717, 1.165) is 55.4 Å². The molecule has 11 aromatic rings. The van der Waals surface area contributed by atoms with Crippen molar-refractivity contribution in [3.8, 4) is 11.4 Å². The van der Waals surface area contributed by atoms with Crippen molar-refractivity contribution in [3.05, 3.63) is 146 Å². The van der Waals surface area contributed by atoms with Crippen molar-refractivity contribution in [3.63, 3.8) is 0 Å². The molecule has 6 aromatic heterocycles. The lowest BCUT2D eigenvalue weighted by Crippen LogP contribution is -1.98. The molecule has 0 spiro atoms. The summed E-state index contributed by atoms with van der Waals surface area (Å²) >= 11 is 0. The molecule has 6 heteroatoms. The van der Waals surface area contributed by atoms with E-state index in [1.165, 1.54) is 38.1 Å². The Morgan fingerprint density at radius 3 is 1.91 bits per heavy atom. The van der Waals surface area contributed by atoms with Crippen LogP contribution in [0.15, 0.2) is 146 Å². The van der Waals surface area contributed by atoms with Crippen LogP contribution in [0.3, 0.4) is 0 Å². The number of para-hydroxylation sites is 3. The molecule has 0 fully saturated rings. The maximum Gasteiger partial charge on any atom is 0.147 e.